The number of carbonyl (C=O) groups excluding carboxylic acids is 2. The molecule has 0 heterocycles. The Labute approximate surface area is 161 Å². The van der Waals surface area contributed by atoms with Crippen molar-refractivity contribution in [1.82, 2.24) is 0 Å². The number of amides is 1. The molecule has 0 aliphatic heterocycles. The number of halogens is 2. The lowest BCUT2D eigenvalue weighted by atomic mass is 10.1. The van der Waals surface area contributed by atoms with Crippen molar-refractivity contribution in [2.24, 2.45) is 0 Å². The van der Waals surface area contributed by atoms with E-state index in [0.29, 0.717) is 5.69 Å². The molecule has 1 atom stereocenters. The first-order chi connectivity index (χ1) is 13.3. The van der Waals surface area contributed by atoms with Crippen LogP contribution < -0.4 is 14.8 Å². The molecule has 2 rings (SSSR count). The van der Waals surface area contributed by atoms with Crippen LogP contribution in [0.25, 0.3) is 0 Å². The van der Waals surface area contributed by atoms with E-state index in [-0.39, 0.29) is 17.1 Å². The highest BCUT2D eigenvalue weighted by Gasteiger charge is 2.21. The van der Waals surface area contributed by atoms with Crippen LogP contribution in [0.5, 0.6) is 11.5 Å². The Balaban J connectivity index is 2.01. The number of rotatable bonds is 8. The van der Waals surface area contributed by atoms with E-state index in [9.17, 15) is 18.4 Å². The van der Waals surface area contributed by atoms with Crippen LogP contribution >= 0.6 is 0 Å². The van der Waals surface area contributed by atoms with Crippen molar-refractivity contribution in [3.63, 3.8) is 0 Å². The second-order valence-corrected chi connectivity index (χ2v) is 5.83. The van der Waals surface area contributed by atoms with Gasteiger partial charge < -0.3 is 19.5 Å². The molecule has 0 radical (unpaired) electrons. The molecule has 0 saturated carbocycles. The largest absolute Gasteiger partial charge is 0.493 e. The van der Waals surface area contributed by atoms with Gasteiger partial charge in [-0.2, -0.15) is 8.78 Å². The number of alkyl halides is 2. The minimum atomic E-state index is -3.03. The van der Waals surface area contributed by atoms with Crippen molar-refractivity contribution >= 4 is 17.6 Å². The topological polar surface area (TPSA) is 73.9 Å². The number of carbonyl (C=O) groups is 2. The van der Waals surface area contributed by atoms with Crippen LogP contribution in [-0.2, 0) is 16.0 Å². The van der Waals surface area contributed by atoms with Gasteiger partial charge in [-0.1, -0.05) is 19.1 Å². The molecule has 1 N–H and O–H groups in total. The fourth-order valence-corrected chi connectivity index (χ4v) is 2.34. The fourth-order valence-electron chi connectivity index (χ4n) is 2.34. The van der Waals surface area contributed by atoms with Gasteiger partial charge in [-0.15, -0.1) is 0 Å². The molecule has 0 aromatic heterocycles. The lowest BCUT2D eigenvalue weighted by Gasteiger charge is -2.15. The number of methoxy groups -OCH3 is 1. The molecule has 0 saturated heterocycles. The van der Waals surface area contributed by atoms with Crippen LogP contribution in [0.15, 0.2) is 42.5 Å². The first-order valence-electron chi connectivity index (χ1n) is 8.57. The number of aryl methyl sites for hydroxylation is 1. The summed E-state index contributed by atoms with van der Waals surface area (Å²) in [6.45, 7) is 0.428. The lowest BCUT2D eigenvalue weighted by molar-refractivity contribution is -0.123. The van der Waals surface area contributed by atoms with Gasteiger partial charge in [0.15, 0.2) is 17.6 Å². The summed E-state index contributed by atoms with van der Waals surface area (Å²) in [6.07, 6.45) is -0.186. The predicted molar refractivity (Wildman–Crippen MR) is 99.0 cm³/mol. The van der Waals surface area contributed by atoms with Crippen LogP contribution in [0.3, 0.4) is 0 Å². The number of benzene rings is 2. The highest BCUT2D eigenvalue weighted by molar-refractivity contribution is 5.97. The Kier molecular flexibility index (Phi) is 7.31. The molecule has 150 valence electrons. The van der Waals surface area contributed by atoms with Gasteiger partial charge in [0.05, 0.1) is 12.7 Å². The van der Waals surface area contributed by atoms with Crippen molar-refractivity contribution < 1.29 is 32.6 Å². The summed E-state index contributed by atoms with van der Waals surface area (Å²) < 4.78 is 39.1. The maximum absolute atomic E-state index is 12.4. The molecule has 28 heavy (non-hydrogen) atoms. The highest BCUT2D eigenvalue weighted by Crippen LogP contribution is 2.29. The summed E-state index contributed by atoms with van der Waals surface area (Å²) in [4.78, 5) is 24.5. The van der Waals surface area contributed by atoms with Crippen LogP contribution in [0.1, 0.15) is 29.8 Å². The van der Waals surface area contributed by atoms with Gasteiger partial charge in [-0.05, 0) is 49.2 Å². The third-order valence-electron chi connectivity index (χ3n) is 3.90. The molecule has 6 nitrogen and oxygen atoms in total. The third-order valence-corrected chi connectivity index (χ3v) is 3.90. The summed E-state index contributed by atoms with van der Waals surface area (Å²) in [5, 5.41) is 2.66. The maximum Gasteiger partial charge on any atom is 0.387 e. The van der Waals surface area contributed by atoms with E-state index < -0.39 is 24.6 Å². The van der Waals surface area contributed by atoms with Gasteiger partial charge in [0.2, 0.25) is 0 Å². The van der Waals surface area contributed by atoms with Gasteiger partial charge in [0, 0.05) is 5.69 Å². The summed E-state index contributed by atoms with van der Waals surface area (Å²) in [6, 6.07) is 10.9. The van der Waals surface area contributed by atoms with Crippen molar-refractivity contribution in [3.05, 3.63) is 53.6 Å². The summed E-state index contributed by atoms with van der Waals surface area (Å²) >= 11 is 0. The first kappa shape index (κ1) is 21.1. The predicted octanol–water partition coefficient (Wildman–Crippen LogP) is 4.04. The maximum atomic E-state index is 12.4. The van der Waals surface area contributed by atoms with E-state index >= 15 is 0 Å². The molecule has 0 bridgehead atoms. The molecule has 0 fully saturated rings. The summed E-state index contributed by atoms with van der Waals surface area (Å²) in [5.41, 5.74) is 1.75. The average molecular weight is 393 g/mol. The molecular weight excluding hydrogens is 372 g/mol. The van der Waals surface area contributed by atoms with Crippen LogP contribution in [0.2, 0.25) is 0 Å². The molecule has 2 aromatic carbocycles. The monoisotopic (exact) mass is 393 g/mol. The zero-order chi connectivity index (χ0) is 20.7. The SMILES string of the molecule is CCc1ccc(NC(=O)[C@H](C)OC(=O)c2ccc(OC(F)F)c(OC)c2)cc1. The van der Waals surface area contributed by atoms with Gasteiger partial charge in [0.1, 0.15) is 0 Å². The Morgan fingerprint density at radius 2 is 1.75 bits per heavy atom. The van der Waals surface area contributed by atoms with Crippen molar-refractivity contribution in [2.75, 3.05) is 12.4 Å². The van der Waals surface area contributed by atoms with Gasteiger partial charge >= 0.3 is 12.6 Å². The number of hydrogen-bond acceptors (Lipinski definition) is 5. The highest BCUT2D eigenvalue weighted by atomic mass is 19.3. The first-order valence-corrected chi connectivity index (χ1v) is 8.57. The van der Waals surface area contributed by atoms with E-state index in [1.54, 1.807) is 12.1 Å². The van der Waals surface area contributed by atoms with Crippen molar-refractivity contribution in [1.29, 1.82) is 0 Å². The second kappa shape index (κ2) is 9.68. The molecule has 0 unspecified atom stereocenters. The minimum absolute atomic E-state index is 0.0328. The molecular formula is C20H21F2NO5. The third kappa shape index (κ3) is 5.67. The Morgan fingerprint density at radius 1 is 1.07 bits per heavy atom. The van der Waals surface area contributed by atoms with Crippen molar-refractivity contribution in [2.45, 2.75) is 33.0 Å². The zero-order valence-electron chi connectivity index (χ0n) is 15.7. The molecule has 1 amide bonds. The number of anilines is 1. The van der Waals surface area contributed by atoms with E-state index in [4.69, 9.17) is 9.47 Å². The quantitative estimate of drug-likeness (QED) is 0.685. The summed E-state index contributed by atoms with van der Waals surface area (Å²) in [7, 11) is 1.25. The zero-order valence-corrected chi connectivity index (χ0v) is 15.7. The van der Waals surface area contributed by atoms with E-state index in [2.05, 4.69) is 10.1 Å². The van der Waals surface area contributed by atoms with Crippen LogP contribution in [0, 0.1) is 0 Å². The molecule has 0 aliphatic carbocycles. The van der Waals surface area contributed by atoms with Crippen molar-refractivity contribution in [3.8, 4) is 11.5 Å². The number of hydrogen-bond donors (Lipinski definition) is 1. The fraction of sp³-hybridized carbons (Fsp3) is 0.300. The Bertz CT molecular complexity index is 824. The van der Waals surface area contributed by atoms with Crippen LogP contribution in [0.4, 0.5) is 14.5 Å². The van der Waals surface area contributed by atoms with E-state index in [1.807, 2.05) is 19.1 Å². The Morgan fingerprint density at radius 3 is 2.32 bits per heavy atom. The minimum Gasteiger partial charge on any atom is -0.493 e. The number of esters is 1. The smallest absolute Gasteiger partial charge is 0.387 e. The molecule has 8 heteroatoms. The van der Waals surface area contributed by atoms with Gasteiger partial charge in [0.25, 0.3) is 5.91 Å². The number of ether oxygens (including phenoxy) is 3. The van der Waals surface area contributed by atoms with Crippen LogP contribution in [-0.4, -0.2) is 31.7 Å². The lowest BCUT2D eigenvalue weighted by Crippen LogP contribution is -2.30. The number of nitrogens with one attached hydrogen (secondary N) is 1. The normalized spacial score (nSPS) is 11.6. The molecule has 0 aliphatic rings. The van der Waals surface area contributed by atoms with Gasteiger partial charge in [-0.3, -0.25) is 4.79 Å². The van der Waals surface area contributed by atoms with E-state index in [0.717, 1.165) is 12.0 Å². The summed E-state index contributed by atoms with van der Waals surface area (Å²) in [5.74, 6) is -1.56. The van der Waals surface area contributed by atoms with Gasteiger partial charge in [-0.25, -0.2) is 4.79 Å². The van der Waals surface area contributed by atoms with E-state index in [1.165, 1.54) is 32.2 Å². The molecule has 0 spiro atoms. The Hall–Kier alpha value is -3.16. The second-order valence-electron chi connectivity index (χ2n) is 5.83. The molecule has 2 aromatic rings. The average Bonchev–Trinajstić information content (AvgIpc) is 2.68. The standard InChI is InChI=1S/C20H21F2NO5/c1-4-13-5-8-15(9-6-13)23-18(24)12(2)27-19(25)14-7-10-16(28-20(21)22)17(11-14)26-3/h5-12,20H,4H2,1-3H3,(H,23,24)/t12-/m0/s1.